The molecule has 2 aliphatic heterocycles. The molecule has 0 radical (unpaired) electrons. The van der Waals surface area contributed by atoms with Crippen LogP contribution in [0.15, 0.2) is 23.9 Å². The molecule has 1 amide bonds. The van der Waals surface area contributed by atoms with E-state index < -0.39 is 5.60 Å². The smallest absolute Gasteiger partial charge is 0.410 e. The molecule has 0 unspecified atom stereocenters. The van der Waals surface area contributed by atoms with Gasteiger partial charge in [-0.3, -0.25) is 4.98 Å². The quantitative estimate of drug-likeness (QED) is 0.757. The molecule has 0 saturated carbocycles. The number of carbonyl (C=O) groups excluding carboxylic acids is 2. The summed E-state index contributed by atoms with van der Waals surface area (Å²) in [6.07, 6.45) is 3.31. The van der Waals surface area contributed by atoms with Gasteiger partial charge in [0.05, 0.1) is 0 Å². The molecule has 2 aliphatic rings. The van der Waals surface area contributed by atoms with Crippen molar-refractivity contribution in [2.45, 2.75) is 52.1 Å². The van der Waals surface area contributed by atoms with Crippen molar-refractivity contribution in [3.63, 3.8) is 0 Å². The molecule has 3 heterocycles. The highest BCUT2D eigenvalue weighted by Crippen LogP contribution is 2.30. The highest BCUT2D eigenvalue weighted by molar-refractivity contribution is 6.01. The summed E-state index contributed by atoms with van der Waals surface area (Å²) in [5.41, 5.74) is 3.06. The average molecular weight is 358 g/mol. The van der Waals surface area contributed by atoms with Gasteiger partial charge in [0.15, 0.2) is 0 Å². The van der Waals surface area contributed by atoms with E-state index in [0.29, 0.717) is 31.2 Å². The van der Waals surface area contributed by atoms with E-state index >= 15 is 0 Å². The average Bonchev–Trinajstić information content (AvgIpc) is 2.93. The van der Waals surface area contributed by atoms with Crippen LogP contribution in [0.5, 0.6) is 0 Å². The van der Waals surface area contributed by atoms with Gasteiger partial charge in [0.25, 0.3) is 0 Å². The molecule has 0 N–H and O–H groups in total. The zero-order chi connectivity index (χ0) is 18.9. The van der Waals surface area contributed by atoms with E-state index in [9.17, 15) is 9.59 Å². The number of aromatic nitrogens is 1. The number of nitrogens with zero attached hydrogens (tertiary/aromatic N) is 2. The van der Waals surface area contributed by atoms with Crippen molar-refractivity contribution in [1.82, 2.24) is 9.88 Å². The molecule has 0 bridgehead atoms. The Kier molecular flexibility index (Phi) is 5.03. The van der Waals surface area contributed by atoms with Crippen molar-refractivity contribution in [2.75, 3.05) is 19.7 Å². The lowest BCUT2D eigenvalue weighted by Gasteiger charge is -2.33. The Balaban J connectivity index is 1.60. The molecular formula is C20H26N2O4. The summed E-state index contributed by atoms with van der Waals surface area (Å²) in [6, 6.07) is 4.02. The topological polar surface area (TPSA) is 68.7 Å². The van der Waals surface area contributed by atoms with E-state index in [2.05, 4.69) is 4.98 Å². The fourth-order valence-electron chi connectivity index (χ4n) is 3.29. The maximum Gasteiger partial charge on any atom is 0.410 e. The van der Waals surface area contributed by atoms with Gasteiger partial charge in [-0.1, -0.05) is 6.07 Å². The van der Waals surface area contributed by atoms with E-state index in [1.165, 1.54) is 0 Å². The second kappa shape index (κ2) is 7.09. The fourth-order valence-corrected chi connectivity index (χ4v) is 3.29. The molecule has 3 rings (SSSR count). The van der Waals surface area contributed by atoms with Crippen LogP contribution in [0.2, 0.25) is 0 Å². The summed E-state index contributed by atoms with van der Waals surface area (Å²) in [6.45, 7) is 9.09. The molecule has 6 nitrogen and oxygen atoms in total. The van der Waals surface area contributed by atoms with Crippen LogP contribution in [0.25, 0.3) is 5.57 Å². The number of rotatable bonds is 2. The van der Waals surface area contributed by atoms with Gasteiger partial charge in [-0.2, -0.15) is 0 Å². The maximum absolute atomic E-state index is 12.1. The third-order valence-corrected chi connectivity index (χ3v) is 4.81. The molecule has 1 aromatic heterocycles. The van der Waals surface area contributed by atoms with E-state index in [1.807, 2.05) is 39.1 Å². The van der Waals surface area contributed by atoms with Crippen molar-refractivity contribution < 1.29 is 19.1 Å². The van der Waals surface area contributed by atoms with Crippen molar-refractivity contribution >= 4 is 17.6 Å². The minimum atomic E-state index is -0.469. The molecule has 1 aromatic rings. The largest absolute Gasteiger partial charge is 0.457 e. The Morgan fingerprint density at radius 1 is 1.27 bits per heavy atom. The summed E-state index contributed by atoms with van der Waals surface area (Å²) < 4.78 is 10.5. The van der Waals surface area contributed by atoms with Gasteiger partial charge in [0, 0.05) is 42.0 Å². The van der Waals surface area contributed by atoms with E-state index in [4.69, 9.17) is 9.47 Å². The van der Waals surface area contributed by atoms with Gasteiger partial charge < -0.3 is 14.4 Å². The number of amides is 1. The monoisotopic (exact) mass is 358 g/mol. The van der Waals surface area contributed by atoms with Crippen LogP contribution in [-0.4, -0.2) is 47.2 Å². The first-order chi connectivity index (χ1) is 12.2. The van der Waals surface area contributed by atoms with Crippen molar-refractivity contribution in [2.24, 2.45) is 0 Å². The van der Waals surface area contributed by atoms with Crippen molar-refractivity contribution in [3.05, 3.63) is 35.2 Å². The number of cyclic esters (lactones) is 1. The molecule has 0 spiro atoms. The standard InChI is InChI=1S/C20H26N2O4/c1-13-16(12-25-18(13)23)15-5-6-17(21-11-15)14-7-9-22(10-8-14)19(24)26-20(2,3)4/h5-6,11,14H,7-10,12H2,1-4H3. The Labute approximate surface area is 154 Å². The Morgan fingerprint density at radius 2 is 1.96 bits per heavy atom. The minimum Gasteiger partial charge on any atom is -0.457 e. The Hall–Kier alpha value is -2.37. The molecule has 1 saturated heterocycles. The van der Waals surface area contributed by atoms with Gasteiger partial charge in [0.2, 0.25) is 0 Å². The predicted octanol–water partition coefficient (Wildman–Crippen LogP) is 3.53. The van der Waals surface area contributed by atoms with E-state index in [-0.39, 0.29) is 12.1 Å². The van der Waals surface area contributed by atoms with Gasteiger partial charge in [-0.05, 0) is 52.2 Å². The van der Waals surface area contributed by atoms with Crippen LogP contribution in [0.4, 0.5) is 4.79 Å². The zero-order valence-electron chi connectivity index (χ0n) is 15.9. The fraction of sp³-hybridized carbons (Fsp3) is 0.550. The van der Waals surface area contributed by atoms with Crippen LogP contribution < -0.4 is 0 Å². The van der Waals surface area contributed by atoms with Gasteiger partial charge in [-0.25, -0.2) is 9.59 Å². The Bertz CT molecular complexity index is 723. The van der Waals surface area contributed by atoms with Crippen LogP contribution >= 0.6 is 0 Å². The molecule has 26 heavy (non-hydrogen) atoms. The first-order valence-electron chi connectivity index (χ1n) is 9.06. The van der Waals surface area contributed by atoms with Crippen molar-refractivity contribution in [1.29, 1.82) is 0 Å². The number of hydrogen-bond acceptors (Lipinski definition) is 5. The molecule has 0 aromatic carbocycles. The normalized spacial score (nSPS) is 18.9. The summed E-state index contributed by atoms with van der Waals surface area (Å²) in [5, 5.41) is 0. The first kappa shape index (κ1) is 18.4. The zero-order valence-corrected chi connectivity index (χ0v) is 15.9. The molecule has 140 valence electrons. The lowest BCUT2D eigenvalue weighted by molar-refractivity contribution is -0.135. The molecule has 6 heteroatoms. The molecular weight excluding hydrogens is 332 g/mol. The van der Waals surface area contributed by atoms with E-state index in [0.717, 1.165) is 29.7 Å². The summed E-state index contributed by atoms with van der Waals surface area (Å²) in [4.78, 5) is 30.0. The van der Waals surface area contributed by atoms with E-state index in [1.54, 1.807) is 11.8 Å². The molecule has 0 aliphatic carbocycles. The van der Waals surface area contributed by atoms with Gasteiger partial charge in [0.1, 0.15) is 12.2 Å². The summed E-state index contributed by atoms with van der Waals surface area (Å²) >= 11 is 0. The Morgan fingerprint density at radius 3 is 2.46 bits per heavy atom. The molecule has 1 fully saturated rings. The highest BCUT2D eigenvalue weighted by Gasteiger charge is 2.28. The lowest BCUT2D eigenvalue weighted by atomic mass is 9.92. The molecule has 0 atom stereocenters. The van der Waals surface area contributed by atoms with Gasteiger partial charge >= 0.3 is 12.1 Å². The van der Waals surface area contributed by atoms with Crippen LogP contribution in [0, 0.1) is 0 Å². The van der Waals surface area contributed by atoms with Gasteiger partial charge in [-0.15, -0.1) is 0 Å². The second-order valence-electron chi connectivity index (χ2n) is 7.89. The SMILES string of the molecule is CC1=C(c2ccc(C3CCN(C(=O)OC(C)(C)C)CC3)nc2)COC1=O. The van der Waals surface area contributed by atoms with Crippen LogP contribution in [0.3, 0.4) is 0 Å². The minimum absolute atomic E-state index is 0.243. The summed E-state index contributed by atoms with van der Waals surface area (Å²) in [7, 11) is 0. The highest BCUT2D eigenvalue weighted by atomic mass is 16.6. The maximum atomic E-state index is 12.1. The predicted molar refractivity (Wildman–Crippen MR) is 97.6 cm³/mol. The van der Waals surface area contributed by atoms with Crippen molar-refractivity contribution in [3.8, 4) is 0 Å². The van der Waals surface area contributed by atoms with Crippen LogP contribution in [-0.2, 0) is 14.3 Å². The lowest BCUT2D eigenvalue weighted by Crippen LogP contribution is -2.41. The van der Waals surface area contributed by atoms with Crippen LogP contribution in [0.1, 0.15) is 57.7 Å². The third-order valence-electron chi connectivity index (χ3n) is 4.81. The first-order valence-corrected chi connectivity index (χ1v) is 9.06. The second-order valence-corrected chi connectivity index (χ2v) is 7.89. The third kappa shape index (κ3) is 4.06. The number of likely N-dealkylation sites (tertiary alicyclic amines) is 1. The number of pyridine rings is 1. The number of piperidine rings is 1. The number of hydrogen-bond donors (Lipinski definition) is 0. The number of esters is 1. The number of carbonyl (C=O) groups is 2. The number of ether oxygens (including phenoxy) is 2. The summed E-state index contributed by atoms with van der Waals surface area (Å²) in [5.74, 6) is 0.0814.